The molecule has 0 aliphatic heterocycles. The van der Waals surface area contributed by atoms with Gasteiger partial charge in [-0.3, -0.25) is 4.79 Å². The van der Waals surface area contributed by atoms with E-state index in [4.69, 9.17) is 18.0 Å². The zero-order chi connectivity index (χ0) is 13.5. The third kappa shape index (κ3) is 2.16. The van der Waals surface area contributed by atoms with E-state index in [1.807, 2.05) is 0 Å². The molecule has 1 amide bonds. The molecule has 2 rings (SSSR count). The number of carbonyl (C=O) groups is 1. The van der Waals surface area contributed by atoms with E-state index in [9.17, 15) is 13.2 Å². The first-order valence-corrected chi connectivity index (χ1v) is 7.30. The van der Waals surface area contributed by atoms with Gasteiger partial charge in [0.1, 0.15) is 6.54 Å². The van der Waals surface area contributed by atoms with Crippen molar-refractivity contribution in [2.45, 2.75) is 11.4 Å². The second kappa shape index (κ2) is 4.21. The van der Waals surface area contributed by atoms with Crippen LogP contribution >= 0.6 is 12.2 Å². The maximum atomic E-state index is 11.6. The van der Waals surface area contributed by atoms with Crippen LogP contribution in [0.15, 0.2) is 23.1 Å². The predicted octanol–water partition coefficient (Wildman–Crippen LogP) is 0.588. The second-order valence-electron chi connectivity index (χ2n) is 3.91. The summed E-state index contributed by atoms with van der Waals surface area (Å²) < 4.78 is 25.0. The van der Waals surface area contributed by atoms with Crippen molar-refractivity contribution in [2.24, 2.45) is 5.73 Å². The molecule has 0 spiro atoms. The van der Waals surface area contributed by atoms with Gasteiger partial charge in [0.15, 0.2) is 14.6 Å². The number of carbonyl (C=O) groups excluding carboxylic acids is 1. The van der Waals surface area contributed by atoms with E-state index in [-0.39, 0.29) is 16.2 Å². The number of amides is 1. The lowest BCUT2D eigenvalue weighted by Gasteiger charge is -2.02. The molecule has 96 valence electrons. The first kappa shape index (κ1) is 12.8. The number of imidazole rings is 1. The van der Waals surface area contributed by atoms with Crippen molar-refractivity contribution in [1.29, 1.82) is 0 Å². The zero-order valence-corrected chi connectivity index (χ0v) is 11.1. The van der Waals surface area contributed by atoms with Gasteiger partial charge in [0.05, 0.1) is 15.9 Å². The van der Waals surface area contributed by atoms with Gasteiger partial charge in [0.2, 0.25) is 5.91 Å². The van der Waals surface area contributed by atoms with Crippen LogP contribution in [0, 0.1) is 4.77 Å². The van der Waals surface area contributed by atoms with Gasteiger partial charge in [0, 0.05) is 6.26 Å². The van der Waals surface area contributed by atoms with Crippen LogP contribution in [0.25, 0.3) is 11.0 Å². The number of nitrogens with one attached hydrogen (secondary N) is 1. The molecule has 18 heavy (non-hydrogen) atoms. The van der Waals surface area contributed by atoms with Crippen LogP contribution in [0.2, 0.25) is 0 Å². The fourth-order valence-electron chi connectivity index (χ4n) is 1.78. The van der Waals surface area contributed by atoms with Crippen LogP contribution in [0.4, 0.5) is 0 Å². The highest BCUT2D eigenvalue weighted by Gasteiger charge is 2.15. The average Bonchev–Trinajstić information content (AvgIpc) is 2.53. The number of aromatic amines is 1. The van der Waals surface area contributed by atoms with Crippen LogP contribution in [0.5, 0.6) is 0 Å². The van der Waals surface area contributed by atoms with Crippen LogP contribution in [-0.4, -0.2) is 30.1 Å². The van der Waals surface area contributed by atoms with E-state index >= 15 is 0 Å². The number of fused-ring (bicyclic) bond motifs is 1. The van der Waals surface area contributed by atoms with Crippen molar-refractivity contribution in [1.82, 2.24) is 9.55 Å². The highest BCUT2D eigenvalue weighted by molar-refractivity contribution is 7.91. The number of H-pyrrole nitrogens is 1. The highest BCUT2D eigenvalue weighted by atomic mass is 32.2. The minimum Gasteiger partial charge on any atom is -0.368 e. The normalized spacial score (nSPS) is 11.8. The third-order valence-electron chi connectivity index (χ3n) is 2.49. The third-order valence-corrected chi connectivity index (χ3v) is 3.95. The molecule has 1 heterocycles. The lowest BCUT2D eigenvalue weighted by Crippen LogP contribution is -2.18. The molecule has 0 radical (unpaired) electrons. The van der Waals surface area contributed by atoms with Crippen molar-refractivity contribution < 1.29 is 13.2 Å². The Balaban J connectivity index is 2.83. The summed E-state index contributed by atoms with van der Waals surface area (Å²) in [6.45, 7) is -0.0912. The zero-order valence-electron chi connectivity index (χ0n) is 9.50. The lowest BCUT2D eigenvalue weighted by molar-refractivity contribution is -0.118. The lowest BCUT2D eigenvalue weighted by atomic mass is 10.3. The molecule has 3 N–H and O–H groups in total. The molecular formula is C10H11N3O3S2. The summed E-state index contributed by atoms with van der Waals surface area (Å²) >= 11 is 5.06. The quantitative estimate of drug-likeness (QED) is 0.806. The molecule has 6 nitrogen and oxygen atoms in total. The SMILES string of the molecule is CS(=O)(=O)c1cccc2c1[nH]c(=S)n2CC(N)=O. The smallest absolute Gasteiger partial charge is 0.237 e. The van der Waals surface area contributed by atoms with E-state index in [0.717, 1.165) is 6.26 Å². The molecule has 0 atom stereocenters. The van der Waals surface area contributed by atoms with E-state index in [2.05, 4.69) is 4.98 Å². The Kier molecular flexibility index (Phi) is 2.99. The second-order valence-corrected chi connectivity index (χ2v) is 6.28. The number of nitrogens with two attached hydrogens (primary N) is 1. The number of benzene rings is 1. The van der Waals surface area contributed by atoms with Gasteiger partial charge < -0.3 is 15.3 Å². The van der Waals surface area contributed by atoms with E-state index < -0.39 is 15.7 Å². The van der Waals surface area contributed by atoms with E-state index in [1.54, 1.807) is 12.1 Å². The molecule has 1 aromatic carbocycles. The number of para-hydroxylation sites is 1. The fourth-order valence-corrected chi connectivity index (χ4v) is 2.89. The van der Waals surface area contributed by atoms with Crippen LogP contribution in [0.3, 0.4) is 0 Å². The molecule has 2 aromatic rings. The molecule has 0 fully saturated rings. The number of hydrogen-bond acceptors (Lipinski definition) is 4. The Morgan fingerprint density at radius 2 is 2.17 bits per heavy atom. The van der Waals surface area contributed by atoms with Crippen LogP contribution < -0.4 is 5.73 Å². The number of rotatable bonds is 3. The Morgan fingerprint density at radius 3 is 2.72 bits per heavy atom. The van der Waals surface area contributed by atoms with Crippen molar-refractivity contribution in [3.8, 4) is 0 Å². The first-order chi connectivity index (χ1) is 8.30. The Hall–Kier alpha value is -1.67. The summed E-state index contributed by atoms with van der Waals surface area (Å²) in [5.41, 5.74) is 6.07. The summed E-state index contributed by atoms with van der Waals surface area (Å²) in [7, 11) is -3.37. The van der Waals surface area contributed by atoms with Gasteiger partial charge in [-0.2, -0.15) is 0 Å². The van der Waals surface area contributed by atoms with Gasteiger partial charge in [0.25, 0.3) is 0 Å². The fraction of sp³-hybridized carbons (Fsp3) is 0.200. The van der Waals surface area contributed by atoms with Crippen molar-refractivity contribution in [2.75, 3.05) is 6.26 Å². The number of primary amides is 1. The van der Waals surface area contributed by atoms with E-state index in [1.165, 1.54) is 10.6 Å². The molecule has 8 heteroatoms. The Bertz CT molecular complexity index is 786. The Morgan fingerprint density at radius 1 is 1.50 bits per heavy atom. The van der Waals surface area contributed by atoms with Crippen molar-refractivity contribution in [3.05, 3.63) is 23.0 Å². The van der Waals surface area contributed by atoms with Gasteiger partial charge in [-0.15, -0.1) is 0 Å². The first-order valence-electron chi connectivity index (χ1n) is 5.00. The largest absolute Gasteiger partial charge is 0.368 e. The summed E-state index contributed by atoms with van der Waals surface area (Å²) in [6.07, 6.45) is 1.12. The summed E-state index contributed by atoms with van der Waals surface area (Å²) in [5, 5.41) is 0. The maximum absolute atomic E-state index is 11.6. The molecule has 0 unspecified atom stereocenters. The minimum atomic E-state index is -3.37. The Labute approximate surface area is 108 Å². The van der Waals surface area contributed by atoms with Gasteiger partial charge in [-0.05, 0) is 24.4 Å². The molecular weight excluding hydrogens is 274 g/mol. The van der Waals surface area contributed by atoms with Crippen LogP contribution in [-0.2, 0) is 21.2 Å². The molecule has 0 aliphatic rings. The van der Waals surface area contributed by atoms with E-state index in [0.29, 0.717) is 11.0 Å². The van der Waals surface area contributed by atoms with Gasteiger partial charge in [-0.1, -0.05) is 6.07 Å². The predicted molar refractivity (Wildman–Crippen MR) is 69.4 cm³/mol. The number of sulfone groups is 1. The monoisotopic (exact) mass is 285 g/mol. The topological polar surface area (TPSA) is 97.9 Å². The number of aromatic nitrogens is 2. The molecule has 0 bridgehead atoms. The summed E-state index contributed by atoms with van der Waals surface area (Å²) in [4.78, 5) is 13.9. The van der Waals surface area contributed by atoms with Crippen molar-refractivity contribution in [3.63, 3.8) is 0 Å². The summed E-state index contributed by atoms with van der Waals surface area (Å²) in [5.74, 6) is -0.545. The van der Waals surface area contributed by atoms with Crippen LogP contribution in [0.1, 0.15) is 0 Å². The standard InChI is InChI=1S/C10H11N3O3S2/c1-18(15,16)7-4-2-3-6-9(7)12-10(17)13(6)5-8(11)14/h2-4H,5H2,1H3,(H2,11,14)(H,12,17). The minimum absolute atomic E-state index is 0.0912. The number of nitrogens with zero attached hydrogens (tertiary/aromatic N) is 1. The molecule has 1 aromatic heterocycles. The van der Waals surface area contributed by atoms with Gasteiger partial charge >= 0.3 is 0 Å². The average molecular weight is 285 g/mol. The summed E-state index contributed by atoms with van der Waals surface area (Å²) in [6, 6.07) is 4.76. The highest BCUT2D eigenvalue weighted by Crippen LogP contribution is 2.22. The van der Waals surface area contributed by atoms with Gasteiger partial charge in [-0.25, -0.2) is 8.42 Å². The molecule has 0 saturated carbocycles. The molecule has 0 aliphatic carbocycles. The molecule has 0 saturated heterocycles. The van der Waals surface area contributed by atoms with Crippen molar-refractivity contribution >= 4 is 39.0 Å². The maximum Gasteiger partial charge on any atom is 0.237 e. The number of hydrogen-bond donors (Lipinski definition) is 2.